The summed E-state index contributed by atoms with van der Waals surface area (Å²) < 4.78 is 22.2. The van der Waals surface area contributed by atoms with Crippen LogP contribution >= 0.6 is 0 Å². The molecule has 2 unspecified atom stereocenters. The third-order valence-electron chi connectivity index (χ3n) is 7.13. The summed E-state index contributed by atoms with van der Waals surface area (Å²) in [5, 5.41) is 3.05. The molecule has 1 fully saturated rings. The first kappa shape index (κ1) is 27.6. The molecule has 0 spiro atoms. The molecule has 0 saturated carbocycles. The van der Waals surface area contributed by atoms with Gasteiger partial charge in [-0.25, -0.2) is 0 Å². The van der Waals surface area contributed by atoms with Gasteiger partial charge in [-0.15, -0.1) is 0 Å². The lowest BCUT2D eigenvalue weighted by Gasteiger charge is -2.41. The van der Waals surface area contributed by atoms with Crippen molar-refractivity contribution in [3.63, 3.8) is 0 Å². The second-order valence-electron chi connectivity index (χ2n) is 9.59. The van der Waals surface area contributed by atoms with Gasteiger partial charge in [0.25, 0.3) is 0 Å². The van der Waals surface area contributed by atoms with E-state index in [-0.39, 0.29) is 18.2 Å². The maximum absolute atomic E-state index is 13.8. The van der Waals surface area contributed by atoms with E-state index in [1.165, 1.54) is 0 Å². The molecule has 0 aliphatic carbocycles. The van der Waals surface area contributed by atoms with E-state index in [2.05, 4.69) is 5.32 Å². The van der Waals surface area contributed by atoms with Gasteiger partial charge in [0.15, 0.2) is 11.5 Å². The van der Waals surface area contributed by atoms with E-state index < -0.39 is 12.0 Å². The zero-order valence-corrected chi connectivity index (χ0v) is 23.2. The van der Waals surface area contributed by atoms with Gasteiger partial charge >= 0.3 is 0 Å². The summed E-state index contributed by atoms with van der Waals surface area (Å²) in [7, 11) is 4.72. The van der Waals surface area contributed by atoms with E-state index in [4.69, 9.17) is 18.9 Å². The molecule has 1 saturated heterocycles. The van der Waals surface area contributed by atoms with Gasteiger partial charge in [0.05, 0.1) is 33.3 Å². The van der Waals surface area contributed by atoms with Crippen LogP contribution in [-0.2, 0) is 9.59 Å². The summed E-state index contributed by atoms with van der Waals surface area (Å²) in [5.74, 6) is 2.36. The van der Waals surface area contributed by atoms with Crippen molar-refractivity contribution in [2.75, 3.05) is 31.5 Å². The minimum atomic E-state index is -0.579. The summed E-state index contributed by atoms with van der Waals surface area (Å²) in [6.07, 6.45) is 0.628. The van der Waals surface area contributed by atoms with E-state index in [1.807, 2.05) is 66.7 Å². The Morgan fingerprint density at radius 1 is 0.756 bits per heavy atom. The molecule has 41 heavy (non-hydrogen) atoms. The number of para-hydroxylation sites is 1. The lowest BCUT2D eigenvalue weighted by molar-refractivity contribution is -0.125. The fraction of sp³-hybridized carbons (Fsp3) is 0.212. The van der Waals surface area contributed by atoms with E-state index in [9.17, 15) is 9.59 Å². The zero-order valence-electron chi connectivity index (χ0n) is 23.2. The van der Waals surface area contributed by atoms with Crippen LogP contribution in [0.5, 0.6) is 28.7 Å². The molecule has 1 aliphatic rings. The third kappa shape index (κ3) is 6.11. The van der Waals surface area contributed by atoms with Crippen molar-refractivity contribution in [2.45, 2.75) is 18.9 Å². The number of piperidine rings is 1. The zero-order chi connectivity index (χ0) is 28.8. The van der Waals surface area contributed by atoms with Gasteiger partial charge in [-0.1, -0.05) is 24.3 Å². The predicted octanol–water partition coefficient (Wildman–Crippen LogP) is 6.63. The van der Waals surface area contributed by atoms with E-state index in [1.54, 1.807) is 56.6 Å². The largest absolute Gasteiger partial charge is 0.497 e. The van der Waals surface area contributed by atoms with Crippen LogP contribution in [0.15, 0.2) is 97.1 Å². The number of carbonyl (C=O) groups excluding carboxylic acids is 2. The normalized spacial score (nSPS) is 16.6. The number of ether oxygens (including phenoxy) is 4. The number of anilines is 2. The highest BCUT2D eigenvalue weighted by atomic mass is 16.5. The smallest absolute Gasteiger partial charge is 0.229 e. The maximum Gasteiger partial charge on any atom is 0.229 e. The van der Waals surface area contributed by atoms with Gasteiger partial charge in [0.1, 0.15) is 17.2 Å². The van der Waals surface area contributed by atoms with E-state index >= 15 is 0 Å². The first-order chi connectivity index (χ1) is 20.0. The molecule has 8 nitrogen and oxygen atoms in total. The molecule has 4 aromatic rings. The number of amides is 2. The van der Waals surface area contributed by atoms with Crippen molar-refractivity contribution in [2.24, 2.45) is 5.92 Å². The quantitative estimate of drug-likeness (QED) is 0.251. The highest BCUT2D eigenvalue weighted by Gasteiger charge is 2.42. The molecule has 1 aliphatic heterocycles. The van der Waals surface area contributed by atoms with Gasteiger partial charge in [0, 0.05) is 17.8 Å². The molecule has 2 amide bonds. The summed E-state index contributed by atoms with van der Waals surface area (Å²) in [6.45, 7) is 0. The second kappa shape index (κ2) is 12.5. The number of benzene rings is 4. The van der Waals surface area contributed by atoms with Gasteiger partial charge < -0.3 is 29.2 Å². The Morgan fingerprint density at radius 3 is 2.07 bits per heavy atom. The Bertz CT molecular complexity index is 1490. The molecule has 1 heterocycles. The fourth-order valence-electron chi connectivity index (χ4n) is 5.10. The van der Waals surface area contributed by atoms with Crippen LogP contribution in [-0.4, -0.2) is 33.1 Å². The van der Waals surface area contributed by atoms with Crippen LogP contribution in [0.4, 0.5) is 11.4 Å². The average Bonchev–Trinajstić information content (AvgIpc) is 3.02. The molecule has 0 bridgehead atoms. The van der Waals surface area contributed by atoms with Crippen molar-refractivity contribution in [1.82, 2.24) is 0 Å². The molecule has 8 heteroatoms. The van der Waals surface area contributed by atoms with Crippen LogP contribution in [0.3, 0.4) is 0 Å². The fourth-order valence-corrected chi connectivity index (χ4v) is 5.10. The van der Waals surface area contributed by atoms with Crippen molar-refractivity contribution in [1.29, 1.82) is 0 Å². The van der Waals surface area contributed by atoms with E-state index in [0.29, 0.717) is 40.8 Å². The number of hydrogen-bond acceptors (Lipinski definition) is 6. The van der Waals surface area contributed by atoms with E-state index in [0.717, 1.165) is 11.3 Å². The van der Waals surface area contributed by atoms with Crippen molar-refractivity contribution in [3.8, 4) is 28.7 Å². The van der Waals surface area contributed by atoms with Crippen molar-refractivity contribution in [3.05, 3.63) is 103 Å². The highest BCUT2D eigenvalue weighted by Crippen LogP contribution is 2.43. The molecule has 210 valence electrons. The Labute approximate surface area is 239 Å². The number of nitrogens with zero attached hydrogens (tertiary/aromatic N) is 1. The number of rotatable bonds is 9. The monoisotopic (exact) mass is 552 g/mol. The minimum absolute atomic E-state index is 0.0681. The molecular weight excluding hydrogens is 520 g/mol. The first-order valence-electron chi connectivity index (χ1n) is 13.3. The lowest BCUT2D eigenvalue weighted by atomic mass is 9.83. The second-order valence-corrected chi connectivity index (χ2v) is 9.59. The van der Waals surface area contributed by atoms with Crippen LogP contribution < -0.4 is 29.2 Å². The van der Waals surface area contributed by atoms with Crippen LogP contribution in [0.1, 0.15) is 24.4 Å². The highest BCUT2D eigenvalue weighted by molar-refractivity contribution is 6.00. The SMILES string of the molecule is COc1ccc(N2C(=O)CCC(C(=O)Nc3ccc(Oc4ccccc4)cc3)C2c2ccc(OC)c(OC)c2)cc1. The Balaban J connectivity index is 1.45. The van der Waals surface area contributed by atoms with Crippen LogP contribution in [0.25, 0.3) is 0 Å². The van der Waals surface area contributed by atoms with Crippen molar-refractivity contribution < 1.29 is 28.5 Å². The number of carbonyl (C=O) groups is 2. The number of methoxy groups -OCH3 is 3. The van der Waals surface area contributed by atoms with Gasteiger partial charge in [-0.05, 0) is 84.8 Å². The predicted molar refractivity (Wildman–Crippen MR) is 157 cm³/mol. The Morgan fingerprint density at radius 2 is 1.41 bits per heavy atom. The molecule has 5 rings (SSSR count). The average molecular weight is 553 g/mol. The molecular formula is C33H32N2O6. The first-order valence-corrected chi connectivity index (χ1v) is 13.3. The minimum Gasteiger partial charge on any atom is -0.497 e. The summed E-state index contributed by atoms with van der Waals surface area (Å²) in [5.41, 5.74) is 2.07. The van der Waals surface area contributed by atoms with Gasteiger partial charge in [-0.3, -0.25) is 9.59 Å². The van der Waals surface area contributed by atoms with Crippen molar-refractivity contribution >= 4 is 23.2 Å². The molecule has 0 radical (unpaired) electrons. The van der Waals surface area contributed by atoms with Gasteiger partial charge in [-0.2, -0.15) is 0 Å². The number of nitrogens with one attached hydrogen (secondary N) is 1. The molecule has 0 aromatic heterocycles. The molecule has 2 atom stereocenters. The molecule has 4 aromatic carbocycles. The van der Waals surface area contributed by atoms with Crippen LogP contribution in [0, 0.1) is 5.92 Å². The topological polar surface area (TPSA) is 86.3 Å². The number of hydrogen-bond donors (Lipinski definition) is 1. The Hall–Kier alpha value is -4.98. The summed E-state index contributed by atoms with van der Waals surface area (Å²) in [4.78, 5) is 28.9. The van der Waals surface area contributed by atoms with Crippen LogP contribution in [0.2, 0.25) is 0 Å². The lowest BCUT2D eigenvalue weighted by Crippen LogP contribution is -2.47. The molecule has 1 N–H and O–H groups in total. The summed E-state index contributed by atoms with van der Waals surface area (Å²) >= 11 is 0. The Kier molecular flexibility index (Phi) is 8.39. The third-order valence-corrected chi connectivity index (χ3v) is 7.13. The standard InChI is InChI=1S/C33H32N2O6/c1-38-25-16-12-24(13-17-25)35-31(36)20-18-28(32(35)22-9-19-29(39-2)30(21-22)40-3)33(37)34-23-10-14-27(15-11-23)41-26-7-5-4-6-8-26/h4-17,19,21,28,32H,18,20H2,1-3H3,(H,34,37). The summed E-state index contributed by atoms with van der Waals surface area (Å²) in [6, 6.07) is 28.9. The maximum atomic E-state index is 13.8. The van der Waals surface area contributed by atoms with Gasteiger partial charge in [0.2, 0.25) is 11.8 Å².